The molecule has 2 aromatic carbocycles. The largest absolute Gasteiger partial charge is 0.397 e. The summed E-state index contributed by atoms with van der Waals surface area (Å²) in [5, 5.41) is 23.5. The highest BCUT2D eigenvalue weighted by atomic mass is 19.2. The number of benzene rings is 2. The molecule has 2 aromatic rings. The number of anilines is 2. The van der Waals surface area contributed by atoms with Crippen molar-refractivity contribution in [3.05, 3.63) is 59.2 Å². The molecule has 7 heteroatoms. The number of nitriles is 1. The van der Waals surface area contributed by atoms with Crippen LogP contribution in [0.2, 0.25) is 0 Å². The number of hydrogen-bond donors (Lipinski definition) is 3. The summed E-state index contributed by atoms with van der Waals surface area (Å²) in [7, 11) is 0. The summed E-state index contributed by atoms with van der Waals surface area (Å²) in [6.07, 6.45) is 4.12. The number of nitrogen functional groups attached to an aromatic ring is 1. The van der Waals surface area contributed by atoms with Gasteiger partial charge in [0.2, 0.25) is 0 Å². The highest BCUT2D eigenvalue weighted by Gasteiger charge is 2.34. The Labute approximate surface area is 188 Å². The predicted octanol–water partition coefficient (Wildman–Crippen LogP) is 4.77. The quantitative estimate of drug-likeness (QED) is 0.405. The first-order chi connectivity index (χ1) is 15.3. The van der Waals surface area contributed by atoms with E-state index in [0.29, 0.717) is 6.54 Å². The minimum absolute atomic E-state index is 0.0420. The summed E-state index contributed by atoms with van der Waals surface area (Å²) >= 11 is 0. The fourth-order valence-corrected chi connectivity index (χ4v) is 4.61. The lowest BCUT2D eigenvalue weighted by Crippen LogP contribution is -2.42. The Kier molecular flexibility index (Phi) is 7.70. The van der Waals surface area contributed by atoms with Gasteiger partial charge in [-0.2, -0.15) is 5.26 Å². The zero-order chi connectivity index (χ0) is 23.3. The second-order valence-electron chi connectivity index (χ2n) is 8.62. The lowest BCUT2D eigenvalue weighted by Gasteiger charge is -2.31. The van der Waals surface area contributed by atoms with E-state index in [1.807, 2.05) is 31.2 Å². The van der Waals surface area contributed by atoms with Gasteiger partial charge in [-0.15, -0.1) is 0 Å². The summed E-state index contributed by atoms with van der Waals surface area (Å²) in [5.74, 6) is -1.99. The zero-order valence-electron chi connectivity index (χ0n) is 18.7. The Bertz CT molecular complexity index is 952. The van der Waals surface area contributed by atoms with Crippen molar-refractivity contribution in [1.29, 1.82) is 5.26 Å². The fraction of sp³-hybridized carbons (Fsp3) is 0.480. The number of nitrogens with two attached hydrogens (primary N) is 1. The van der Waals surface area contributed by atoms with E-state index in [9.17, 15) is 19.1 Å². The van der Waals surface area contributed by atoms with Crippen LogP contribution >= 0.6 is 0 Å². The third kappa shape index (κ3) is 5.03. The Morgan fingerprint density at radius 2 is 1.81 bits per heavy atom. The number of nitrogens with one attached hydrogen (secondary N) is 1. The summed E-state index contributed by atoms with van der Waals surface area (Å²) in [4.78, 5) is 1.51. The molecule has 0 radical (unpaired) electrons. The lowest BCUT2D eigenvalue weighted by atomic mass is 9.70. The van der Waals surface area contributed by atoms with E-state index in [0.717, 1.165) is 42.9 Å². The molecule has 1 aliphatic carbocycles. The van der Waals surface area contributed by atoms with Crippen molar-refractivity contribution in [2.45, 2.75) is 63.6 Å². The Balaban J connectivity index is 1.67. The third-order valence-corrected chi connectivity index (χ3v) is 6.52. The van der Waals surface area contributed by atoms with Crippen LogP contribution in [0, 0.1) is 23.0 Å². The molecule has 1 saturated carbocycles. The van der Waals surface area contributed by atoms with Crippen molar-refractivity contribution in [3.8, 4) is 6.07 Å². The highest BCUT2D eigenvalue weighted by Crippen LogP contribution is 2.39. The zero-order valence-corrected chi connectivity index (χ0v) is 18.7. The molecule has 3 rings (SSSR count). The first-order valence-electron chi connectivity index (χ1n) is 11.3. The van der Waals surface area contributed by atoms with Crippen LogP contribution in [0.4, 0.5) is 20.2 Å². The molecule has 0 heterocycles. The molecule has 0 aliphatic heterocycles. The monoisotopic (exact) mass is 442 g/mol. The molecule has 0 bridgehead atoms. The van der Waals surface area contributed by atoms with Crippen molar-refractivity contribution in [3.63, 3.8) is 0 Å². The number of halogens is 2. The molecule has 1 fully saturated rings. The lowest BCUT2D eigenvalue weighted by molar-refractivity contribution is 0.130. The van der Waals surface area contributed by atoms with Crippen molar-refractivity contribution < 1.29 is 13.9 Å². The second kappa shape index (κ2) is 10.3. The molecule has 1 aliphatic rings. The van der Waals surface area contributed by atoms with Crippen LogP contribution in [0.5, 0.6) is 0 Å². The van der Waals surface area contributed by atoms with Crippen LogP contribution in [0.15, 0.2) is 36.4 Å². The van der Waals surface area contributed by atoms with E-state index >= 15 is 0 Å². The SMILES string of the molecule is CCN(CC(O)NC(C)c1ccc(C2(C#N)CCCCC2)cc1)c1c(N)ccc(F)c1F. The van der Waals surface area contributed by atoms with E-state index in [4.69, 9.17) is 5.73 Å². The van der Waals surface area contributed by atoms with Crippen LogP contribution in [-0.2, 0) is 5.41 Å². The molecule has 5 nitrogen and oxygen atoms in total. The topological polar surface area (TPSA) is 85.3 Å². The van der Waals surface area contributed by atoms with Crippen molar-refractivity contribution in [2.75, 3.05) is 23.7 Å². The Hall–Kier alpha value is -2.69. The minimum atomic E-state index is -1.02. The van der Waals surface area contributed by atoms with Gasteiger partial charge in [-0.3, -0.25) is 5.32 Å². The van der Waals surface area contributed by atoms with Gasteiger partial charge in [-0.1, -0.05) is 43.5 Å². The van der Waals surface area contributed by atoms with Gasteiger partial charge in [-0.25, -0.2) is 8.78 Å². The molecule has 0 saturated heterocycles. The van der Waals surface area contributed by atoms with Crippen LogP contribution < -0.4 is 16.0 Å². The van der Waals surface area contributed by atoms with E-state index in [1.54, 1.807) is 6.92 Å². The smallest absolute Gasteiger partial charge is 0.184 e. The molecule has 0 aromatic heterocycles. The molecule has 32 heavy (non-hydrogen) atoms. The second-order valence-corrected chi connectivity index (χ2v) is 8.62. The van der Waals surface area contributed by atoms with Crippen molar-refractivity contribution in [1.82, 2.24) is 5.32 Å². The number of rotatable bonds is 8. The van der Waals surface area contributed by atoms with Gasteiger partial charge in [0.1, 0.15) is 6.23 Å². The molecule has 0 spiro atoms. The van der Waals surface area contributed by atoms with E-state index in [-0.39, 0.29) is 24.0 Å². The molecular formula is C25H32F2N4O. The summed E-state index contributed by atoms with van der Waals surface area (Å²) in [6.45, 7) is 4.10. The number of likely N-dealkylation sites (N-methyl/N-ethyl adjacent to an activating group) is 1. The normalized spacial score (nSPS) is 17.4. The standard InChI is InChI=1S/C25H32F2N4O/c1-3-31(24-21(29)12-11-20(26)23(24)27)15-22(32)30-17(2)18-7-9-19(10-8-18)25(16-28)13-5-4-6-14-25/h7-12,17,22,30,32H,3-6,13-15,29H2,1-2H3. The molecular weight excluding hydrogens is 410 g/mol. The minimum Gasteiger partial charge on any atom is -0.397 e. The summed E-state index contributed by atoms with van der Waals surface area (Å²) in [6, 6.07) is 12.7. The average molecular weight is 443 g/mol. The Morgan fingerprint density at radius 1 is 1.16 bits per heavy atom. The van der Waals surface area contributed by atoms with Crippen LogP contribution in [0.25, 0.3) is 0 Å². The molecule has 2 unspecified atom stereocenters. The highest BCUT2D eigenvalue weighted by molar-refractivity contribution is 5.68. The number of hydrogen-bond acceptors (Lipinski definition) is 5. The van der Waals surface area contributed by atoms with Gasteiger partial charge in [0.15, 0.2) is 11.6 Å². The third-order valence-electron chi connectivity index (χ3n) is 6.52. The van der Waals surface area contributed by atoms with Gasteiger partial charge < -0.3 is 15.7 Å². The van der Waals surface area contributed by atoms with Gasteiger partial charge in [0, 0.05) is 12.6 Å². The van der Waals surface area contributed by atoms with Gasteiger partial charge >= 0.3 is 0 Å². The van der Waals surface area contributed by atoms with Gasteiger partial charge in [-0.05, 0) is 49.9 Å². The van der Waals surface area contributed by atoms with Gasteiger partial charge in [0.05, 0.1) is 29.4 Å². The first kappa shape index (κ1) is 24.0. The maximum atomic E-state index is 14.3. The van der Waals surface area contributed by atoms with E-state index in [2.05, 4.69) is 11.4 Å². The molecule has 0 amide bonds. The van der Waals surface area contributed by atoms with Crippen molar-refractivity contribution >= 4 is 11.4 Å². The van der Waals surface area contributed by atoms with Crippen LogP contribution in [0.1, 0.15) is 63.1 Å². The molecule has 4 N–H and O–H groups in total. The number of nitrogens with zero attached hydrogens (tertiary/aromatic N) is 2. The molecule has 2 atom stereocenters. The Morgan fingerprint density at radius 3 is 2.41 bits per heavy atom. The predicted molar refractivity (Wildman–Crippen MR) is 123 cm³/mol. The molecule has 172 valence electrons. The maximum Gasteiger partial charge on any atom is 0.184 e. The van der Waals surface area contributed by atoms with E-state index < -0.39 is 23.3 Å². The number of aliphatic hydroxyl groups is 1. The van der Waals surface area contributed by atoms with E-state index in [1.165, 1.54) is 17.4 Å². The summed E-state index contributed by atoms with van der Waals surface area (Å²) < 4.78 is 28.0. The van der Waals surface area contributed by atoms with Crippen LogP contribution in [-0.4, -0.2) is 24.4 Å². The average Bonchev–Trinajstić information content (AvgIpc) is 2.81. The van der Waals surface area contributed by atoms with Gasteiger partial charge in [0.25, 0.3) is 0 Å². The van der Waals surface area contributed by atoms with Crippen molar-refractivity contribution in [2.24, 2.45) is 0 Å². The maximum absolute atomic E-state index is 14.3. The summed E-state index contributed by atoms with van der Waals surface area (Å²) in [5.41, 5.74) is 7.55. The number of aliphatic hydroxyl groups excluding tert-OH is 1. The first-order valence-corrected chi connectivity index (χ1v) is 11.3. The van der Waals surface area contributed by atoms with Crippen LogP contribution in [0.3, 0.4) is 0 Å². The fourth-order valence-electron chi connectivity index (χ4n) is 4.61.